The summed E-state index contributed by atoms with van der Waals surface area (Å²) in [5.74, 6) is 0.642. The SMILES string of the molecule is C=C(C)CNC1(C2CCCCC2)c2ccccc2Sc2ccccc21. The van der Waals surface area contributed by atoms with Crippen LogP contribution in [0.15, 0.2) is 70.5 Å². The minimum atomic E-state index is -0.0855. The Balaban J connectivity index is 1.92. The van der Waals surface area contributed by atoms with E-state index in [9.17, 15) is 0 Å². The molecule has 1 saturated carbocycles. The van der Waals surface area contributed by atoms with Gasteiger partial charge in [-0.2, -0.15) is 0 Å². The summed E-state index contributed by atoms with van der Waals surface area (Å²) in [6.45, 7) is 7.15. The highest BCUT2D eigenvalue weighted by Gasteiger charge is 2.46. The lowest BCUT2D eigenvalue weighted by Gasteiger charge is -2.48. The zero-order valence-electron chi connectivity index (χ0n) is 15.1. The molecule has 2 aliphatic rings. The molecular weight excluding hydrogens is 322 g/mol. The predicted octanol–water partition coefficient (Wildman–Crippen LogP) is 6.14. The van der Waals surface area contributed by atoms with E-state index >= 15 is 0 Å². The van der Waals surface area contributed by atoms with Crippen LogP contribution in [-0.4, -0.2) is 6.54 Å². The van der Waals surface area contributed by atoms with Gasteiger partial charge in [-0.3, -0.25) is 5.32 Å². The van der Waals surface area contributed by atoms with Crippen LogP contribution in [0.1, 0.15) is 50.2 Å². The van der Waals surface area contributed by atoms with Gasteiger partial charge in [-0.1, -0.05) is 79.6 Å². The molecule has 1 heterocycles. The van der Waals surface area contributed by atoms with Crippen LogP contribution in [0.2, 0.25) is 0 Å². The molecule has 0 radical (unpaired) electrons. The van der Waals surface area contributed by atoms with Crippen molar-refractivity contribution in [1.29, 1.82) is 0 Å². The lowest BCUT2D eigenvalue weighted by atomic mass is 9.67. The van der Waals surface area contributed by atoms with Gasteiger partial charge in [-0.15, -0.1) is 0 Å². The Hall–Kier alpha value is -1.51. The molecule has 25 heavy (non-hydrogen) atoms. The second-order valence-corrected chi connectivity index (χ2v) is 8.63. The largest absolute Gasteiger partial charge is 0.300 e. The standard InChI is InChI=1S/C23H27NS/c1-17(2)16-24-23(18-10-4-3-5-11-18)19-12-6-8-14-21(19)25-22-15-9-7-13-20(22)23/h6-9,12-15,18,24H,1,3-5,10-11,16H2,2H3. The first-order valence-corrected chi connectivity index (χ1v) is 10.3. The molecular formula is C23H27NS. The third-order valence-corrected chi connectivity index (χ3v) is 6.88. The Labute approximate surface area is 155 Å². The van der Waals surface area contributed by atoms with Crippen molar-refractivity contribution in [3.8, 4) is 0 Å². The van der Waals surface area contributed by atoms with Gasteiger partial charge in [0, 0.05) is 16.3 Å². The summed E-state index contributed by atoms with van der Waals surface area (Å²) in [6.07, 6.45) is 6.68. The molecule has 0 atom stereocenters. The number of nitrogens with one attached hydrogen (secondary N) is 1. The van der Waals surface area contributed by atoms with Gasteiger partial charge in [0.1, 0.15) is 0 Å². The maximum Gasteiger partial charge on any atom is 0.0743 e. The molecule has 1 fully saturated rings. The molecule has 1 nitrogen and oxygen atoms in total. The number of rotatable bonds is 4. The van der Waals surface area contributed by atoms with Crippen LogP contribution in [0.5, 0.6) is 0 Å². The summed E-state index contributed by atoms with van der Waals surface area (Å²) in [6, 6.07) is 18.0. The minimum absolute atomic E-state index is 0.0855. The third kappa shape index (κ3) is 2.96. The molecule has 130 valence electrons. The first kappa shape index (κ1) is 16.9. The predicted molar refractivity (Wildman–Crippen MR) is 107 cm³/mol. The zero-order valence-corrected chi connectivity index (χ0v) is 15.9. The van der Waals surface area contributed by atoms with E-state index < -0.39 is 0 Å². The fraction of sp³-hybridized carbons (Fsp3) is 0.391. The van der Waals surface area contributed by atoms with E-state index in [0.29, 0.717) is 5.92 Å². The van der Waals surface area contributed by atoms with Crippen LogP contribution in [0.25, 0.3) is 0 Å². The van der Waals surface area contributed by atoms with Crippen LogP contribution in [-0.2, 0) is 5.54 Å². The lowest BCUT2D eigenvalue weighted by molar-refractivity contribution is 0.195. The van der Waals surface area contributed by atoms with Crippen LogP contribution < -0.4 is 5.32 Å². The van der Waals surface area contributed by atoms with Crippen LogP contribution >= 0.6 is 11.8 Å². The molecule has 2 aromatic carbocycles. The molecule has 4 rings (SSSR count). The first-order valence-electron chi connectivity index (χ1n) is 9.48. The number of hydrogen-bond acceptors (Lipinski definition) is 2. The molecule has 1 N–H and O–H groups in total. The van der Waals surface area contributed by atoms with E-state index in [0.717, 1.165) is 6.54 Å². The fourth-order valence-electron chi connectivity index (χ4n) is 4.63. The zero-order chi connectivity index (χ0) is 17.3. The Morgan fingerprint density at radius 3 is 2.12 bits per heavy atom. The summed E-state index contributed by atoms with van der Waals surface area (Å²) in [7, 11) is 0. The molecule has 2 heteroatoms. The highest BCUT2D eigenvalue weighted by Crippen LogP contribution is 2.53. The maximum absolute atomic E-state index is 4.16. The van der Waals surface area contributed by atoms with Crippen molar-refractivity contribution in [1.82, 2.24) is 5.32 Å². The van der Waals surface area contributed by atoms with Crippen molar-refractivity contribution in [3.63, 3.8) is 0 Å². The highest BCUT2D eigenvalue weighted by molar-refractivity contribution is 7.99. The Kier molecular flexibility index (Phi) is 4.75. The first-order chi connectivity index (χ1) is 12.2. The van der Waals surface area contributed by atoms with Gasteiger partial charge < -0.3 is 0 Å². The summed E-state index contributed by atoms with van der Waals surface area (Å²) in [5.41, 5.74) is 4.04. The monoisotopic (exact) mass is 349 g/mol. The lowest BCUT2D eigenvalue weighted by Crippen LogP contribution is -2.52. The van der Waals surface area contributed by atoms with E-state index in [1.165, 1.54) is 58.6 Å². The summed E-state index contributed by atoms with van der Waals surface area (Å²) >= 11 is 1.92. The van der Waals surface area contributed by atoms with Gasteiger partial charge in [0.05, 0.1) is 5.54 Å². The third-order valence-electron chi connectivity index (χ3n) is 5.73. The second-order valence-electron chi connectivity index (χ2n) is 7.55. The molecule has 1 aliphatic heterocycles. The quantitative estimate of drug-likeness (QED) is 0.665. The smallest absolute Gasteiger partial charge is 0.0743 e. The topological polar surface area (TPSA) is 12.0 Å². The minimum Gasteiger partial charge on any atom is -0.300 e. The van der Waals surface area contributed by atoms with Gasteiger partial charge in [-0.05, 0) is 48.9 Å². The maximum atomic E-state index is 4.16. The van der Waals surface area contributed by atoms with Crippen molar-refractivity contribution in [2.75, 3.05) is 6.54 Å². The molecule has 0 amide bonds. The van der Waals surface area contributed by atoms with E-state index in [4.69, 9.17) is 0 Å². The van der Waals surface area contributed by atoms with Crippen molar-refractivity contribution < 1.29 is 0 Å². The van der Waals surface area contributed by atoms with Crippen molar-refractivity contribution >= 4 is 11.8 Å². The average Bonchev–Trinajstić information content (AvgIpc) is 2.66. The van der Waals surface area contributed by atoms with Crippen molar-refractivity contribution in [3.05, 3.63) is 71.8 Å². The molecule has 0 bridgehead atoms. The Bertz CT molecular complexity index is 728. The molecule has 0 aromatic heterocycles. The van der Waals surface area contributed by atoms with E-state index in [1.807, 2.05) is 11.8 Å². The average molecular weight is 350 g/mol. The van der Waals surface area contributed by atoms with Crippen LogP contribution in [0.4, 0.5) is 0 Å². The molecule has 2 aromatic rings. The Morgan fingerprint density at radius 1 is 1.00 bits per heavy atom. The molecule has 0 spiro atoms. The highest BCUT2D eigenvalue weighted by atomic mass is 32.2. The van der Waals surface area contributed by atoms with Gasteiger partial charge in [-0.25, -0.2) is 0 Å². The van der Waals surface area contributed by atoms with E-state index in [-0.39, 0.29) is 5.54 Å². The van der Waals surface area contributed by atoms with Crippen molar-refractivity contribution in [2.45, 2.75) is 54.4 Å². The van der Waals surface area contributed by atoms with Gasteiger partial charge in [0.15, 0.2) is 0 Å². The van der Waals surface area contributed by atoms with E-state index in [2.05, 4.69) is 67.4 Å². The summed E-state index contributed by atoms with van der Waals surface area (Å²) in [5, 5.41) is 4.00. The van der Waals surface area contributed by atoms with Crippen LogP contribution in [0, 0.1) is 5.92 Å². The van der Waals surface area contributed by atoms with Crippen molar-refractivity contribution in [2.24, 2.45) is 5.92 Å². The number of benzene rings is 2. The summed E-state index contributed by atoms with van der Waals surface area (Å²) < 4.78 is 0. The van der Waals surface area contributed by atoms with Gasteiger partial charge >= 0.3 is 0 Å². The summed E-state index contributed by atoms with van der Waals surface area (Å²) in [4.78, 5) is 2.81. The number of hydrogen-bond donors (Lipinski definition) is 1. The Morgan fingerprint density at radius 2 is 1.56 bits per heavy atom. The fourth-order valence-corrected chi connectivity index (χ4v) is 5.84. The number of fused-ring (bicyclic) bond motifs is 2. The molecule has 0 saturated heterocycles. The van der Waals surface area contributed by atoms with Gasteiger partial charge in [0.2, 0.25) is 0 Å². The van der Waals surface area contributed by atoms with Gasteiger partial charge in [0.25, 0.3) is 0 Å². The van der Waals surface area contributed by atoms with Crippen LogP contribution in [0.3, 0.4) is 0 Å². The molecule has 0 unspecified atom stereocenters. The van der Waals surface area contributed by atoms with E-state index in [1.54, 1.807) is 0 Å². The normalized spacial score (nSPS) is 19.1. The second kappa shape index (κ2) is 7.01. The molecule has 1 aliphatic carbocycles.